The van der Waals surface area contributed by atoms with E-state index in [1.165, 1.54) is 0 Å². The van der Waals surface area contributed by atoms with Crippen LogP contribution in [0.2, 0.25) is 0 Å². The molecule has 0 saturated carbocycles. The van der Waals surface area contributed by atoms with E-state index in [9.17, 15) is 9.59 Å². The van der Waals surface area contributed by atoms with Gasteiger partial charge in [-0.15, -0.1) is 0 Å². The largest absolute Gasteiger partial charge is 0.496 e. The lowest BCUT2D eigenvalue weighted by molar-refractivity contribution is -0.135. The number of rotatable bonds is 5. The van der Waals surface area contributed by atoms with Crippen LogP contribution in [0.1, 0.15) is 40.6 Å². The summed E-state index contributed by atoms with van der Waals surface area (Å²) >= 11 is 0. The molecule has 0 radical (unpaired) electrons. The van der Waals surface area contributed by atoms with Gasteiger partial charge in [0.25, 0.3) is 5.91 Å². The summed E-state index contributed by atoms with van der Waals surface area (Å²) < 4.78 is 16.3. The van der Waals surface area contributed by atoms with Crippen LogP contribution in [0, 0.1) is 6.92 Å². The van der Waals surface area contributed by atoms with E-state index in [0.717, 1.165) is 35.4 Å². The number of para-hydroxylation sites is 2. The second kappa shape index (κ2) is 8.57. The molecule has 7 heteroatoms. The Hall–Kier alpha value is -3.35. The van der Waals surface area contributed by atoms with Crippen LogP contribution in [-0.2, 0) is 9.53 Å². The zero-order valence-corrected chi connectivity index (χ0v) is 17.1. The summed E-state index contributed by atoms with van der Waals surface area (Å²) in [4.78, 5) is 31.0. The Morgan fingerprint density at radius 1 is 1.17 bits per heavy atom. The predicted octanol–water partition coefficient (Wildman–Crippen LogP) is 3.71. The monoisotopic (exact) mass is 408 g/mol. The Bertz CT molecular complexity index is 1030. The van der Waals surface area contributed by atoms with Gasteiger partial charge in [-0.1, -0.05) is 18.2 Å². The van der Waals surface area contributed by atoms with Crippen molar-refractivity contribution in [1.29, 1.82) is 0 Å². The lowest BCUT2D eigenvalue weighted by Crippen LogP contribution is -2.40. The summed E-state index contributed by atoms with van der Waals surface area (Å²) in [5, 5.41) is 0. The van der Waals surface area contributed by atoms with E-state index in [4.69, 9.17) is 13.9 Å². The van der Waals surface area contributed by atoms with Crippen LogP contribution in [0.25, 0.3) is 11.1 Å². The number of oxazole rings is 1. The molecule has 0 aliphatic carbocycles. The minimum Gasteiger partial charge on any atom is -0.496 e. The fourth-order valence-electron chi connectivity index (χ4n) is 3.69. The standard InChI is InChI=1S/C23H24N2O5/c1-15-7-8-17(13-20(15)28-2)23(27)29-14-21(26)25-11-9-16(10-12-25)22-24-18-5-3-4-6-19(18)30-22/h3-8,13,16H,9-12,14H2,1-2H3. The van der Waals surface area contributed by atoms with Gasteiger partial charge in [0.2, 0.25) is 0 Å². The number of amides is 1. The fraction of sp³-hybridized carbons (Fsp3) is 0.348. The molecule has 4 rings (SSSR count). The molecular weight excluding hydrogens is 384 g/mol. The molecule has 0 spiro atoms. The van der Waals surface area contributed by atoms with Crippen molar-refractivity contribution in [2.75, 3.05) is 26.8 Å². The number of carbonyl (C=O) groups excluding carboxylic acids is 2. The fourth-order valence-corrected chi connectivity index (χ4v) is 3.69. The topological polar surface area (TPSA) is 81.9 Å². The van der Waals surface area contributed by atoms with Crippen LogP contribution < -0.4 is 4.74 Å². The maximum Gasteiger partial charge on any atom is 0.338 e. The van der Waals surface area contributed by atoms with E-state index in [1.54, 1.807) is 30.2 Å². The molecule has 2 heterocycles. The lowest BCUT2D eigenvalue weighted by atomic mass is 9.97. The van der Waals surface area contributed by atoms with Gasteiger partial charge in [-0.3, -0.25) is 4.79 Å². The number of aromatic nitrogens is 1. The van der Waals surface area contributed by atoms with Crippen molar-refractivity contribution in [3.8, 4) is 5.75 Å². The molecule has 30 heavy (non-hydrogen) atoms. The molecule has 1 aliphatic heterocycles. The number of methoxy groups -OCH3 is 1. The van der Waals surface area contributed by atoms with E-state index in [0.29, 0.717) is 24.4 Å². The first-order valence-electron chi connectivity index (χ1n) is 10.00. The van der Waals surface area contributed by atoms with Crippen molar-refractivity contribution < 1.29 is 23.5 Å². The number of hydrogen-bond donors (Lipinski definition) is 0. The average molecular weight is 408 g/mol. The van der Waals surface area contributed by atoms with E-state index in [-0.39, 0.29) is 18.4 Å². The second-order valence-corrected chi connectivity index (χ2v) is 7.44. The summed E-state index contributed by atoms with van der Waals surface area (Å²) in [6, 6.07) is 12.8. The van der Waals surface area contributed by atoms with Crippen LogP contribution in [0.4, 0.5) is 0 Å². The molecule has 1 fully saturated rings. The highest BCUT2D eigenvalue weighted by Gasteiger charge is 2.27. The molecule has 1 aliphatic rings. The Labute approximate surface area is 174 Å². The number of hydrogen-bond acceptors (Lipinski definition) is 6. The Kier molecular flexibility index (Phi) is 5.70. The molecule has 0 atom stereocenters. The number of aryl methyl sites for hydroxylation is 1. The first-order chi connectivity index (χ1) is 14.5. The van der Waals surface area contributed by atoms with Gasteiger partial charge in [-0.2, -0.15) is 0 Å². The zero-order chi connectivity index (χ0) is 21.1. The minimum absolute atomic E-state index is 0.184. The Balaban J connectivity index is 1.29. The van der Waals surface area contributed by atoms with Crippen molar-refractivity contribution in [3.63, 3.8) is 0 Å². The summed E-state index contributed by atoms with van der Waals surface area (Å²) in [6.45, 7) is 2.78. The normalized spacial score (nSPS) is 14.7. The van der Waals surface area contributed by atoms with Gasteiger partial charge >= 0.3 is 5.97 Å². The van der Waals surface area contributed by atoms with Crippen molar-refractivity contribution in [1.82, 2.24) is 9.88 Å². The number of fused-ring (bicyclic) bond motifs is 1. The molecule has 0 N–H and O–H groups in total. The van der Waals surface area contributed by atoms with Gasteiger partial charge in [0, 0.05) is 19.0 Å². The molecule has 2 aromatic carbocycles. The Morgan fingerprint density at radius 2 is 1.93 bits per heavy atom. The molecule has 1 saturated heterocycles. The maximum atomic E-state index is 12.5. The van der Waals surface area contributed by atoms with Crippen LogP contribution in [0.3, 0.4) is 0 Å². The highest BCUT2D eigenvalue weighted by atomic mass is 16.5. The summed E-state index contributed by atoms with van der Waals surface area (Å²) in [5.41, 5.74) is 2.92. The van der Waals surface area contributed by atoms with Crippen molar-refractivity contribution in [2.24, 2.45) is 0 Å². The van der Waals surface area contributed by atoms with Crippen molar-refractivity contribution >= 4 is 23.0 Å². The number of nitrogens with zero attached hydrogens (tertiary/aromatic N) is 2. The van der Waals surface area contributed by atoms with Gasteiger partial charge < -0.3 is 18.8 Å². The molecule has 0 unspecified atom stereocenters. The summed E-state index contributed by atoms with van der Waals surface area (Å²) in [5.74, 6) is 0.783. The van der Waals surface area contributed by atoms with Crippen LogP contribution in [0.15, 0.2) is 46.9 Å². The average Bonchev–Trinajstić information content (AvgIpc) is 3.22. The van der Waals surface area contributed by atoms with E-state index < -0.39 is 5.97 Å². The molecule has 3 aromatic rings. The van der Waals surface area contributed by atoms with Gasteiger partial charge in [0.1, 0.15) is 11.3 Å². The molecule has 1 amide bonds. The zero-order valence-electron chi connectivity index (χ0n) is 17.1. The molecule has 0 bridgehead atoms. The molecular formula is C23H24N2O5. The van der Waals surface area contributed by atoms with Crippen LogP contribution >= 0.6 is 0 Å². The number of carbonyl (C=O) groups is 2. The third kappa shape index (κ3) is 4.15. The number of esters is 1. The Morgan fingerprint density at radius 3 is 2.67 bits per heavy atom. The second-order valence-electron chi connectivity index (χ2n) is 7.44. The van der Waals surface area contributed by atoms with Crippen LogP contribution in [0.5, 0.6) is 5.75 Å². The van der Waals surface area contributed by atoms with Crippen molar-refractivity contribution in [3.05, 3.63) is 59.5 Å². The highest BCUT2D eigenvalue weighted by molar-refractivity contribution is 5.91. The van der Waals surface area contributed by atoms with Gasteiger partial charge in [-0.25, -0.2) is 9.78 Å². The minimum atomic E-state index is -0.539. The number of piperidine rings is 1. The third-order valence-electron chi connectivity index (χ3n) is 5.48. The highest BCUT2D eigenvalue weighted by Crippen LogP contribution is 2.30. The van der Waals surface area contributed by atoms with Crippen molar-refractivity contribution in [2.45, 2.75) is 25.7 Å². The molecule has 1 aromatic heterocycles. The SMILES string of the molecule is COc1cc(C(=O)OCC(=O)N2CCC(c3nc4ccccc4o3)CC2)ccc1C. The first-order valence-corrected chi connectivity index (χ1v) is 10.00. The molecule has 156 valence electrons. The van der Waals surface area contributed by atoms with Gasteiger partial charge in [-0.05, 0) is 49.6 Å². The quantitative estimate of drug-likeness (QED) is 0.599. The summed E-state index contributed by atoms with van der Waals surface area (Å²) in [6.07, 6.45) is 1.53. The van der Waals surface area contributed by atoms with E-state index >= 15 is 0 Å². The molecule has 7 nitrogen and oxygen atoms in total. The third-order valence-corrected chi connectivity index (χ3v) is 5.48. The lowest BCUT2D eigenvalue weighted by Gasteiger charge is -2.30. The first kappa shape index (κ1) is 19.9. The van der Waals surface area contributed by atoms with Gasteiger partial charge in [0.15, 0.2) is 18.1 Å². The summed E-state index contributed by atoms with van der Waals surface area (Å²) in [7, 11) is 1.55. The number of benzene rings is 2. The number of ether oxygens (including phenoxy) is 2. The smallest absolute Gasteiger partial charge is 0.338 e. The predicted molar refractivity (Wildman–Crippen MR) is 111 cm³/mol. The van der Waals surface area contributed by atoms with E-state index in [1.807, 2.05) is 31.2 Å². The van der Waals surface area contributed by atoms with Gasteiger partial charge in [0.05, 0.1) is 12.7 Å². The van der Waals surface area contributed by atoms with E-state index in [2.05, 4.69) is 4.98 Å². The maximum absolute atomic E-state index is 12.5. The van der Waals surface area contributed by atoms with Crippen LogP contribution in [-0.4, -0.2) is 48.6 Å². The number of likely N-dealkylation sites (tertiary alicyclic amines) is 1.